The van der Waals surface area contributed by atoms with Crippen molar-refractivity contribution in [1.82, 2.24) is 5.32 Å². The fourth-order valence-corrected chi connectivity index (χ4v) is 12.5. The van der Waals surface area contributed by atoms with E-state index in [1.807, 2.05) is 6.92 Å². The van der Waals surface area contributed by atoms with Crippen LogP contribution in [0.3, 0.4) is 0 Å². The molecule has 9 heteroatoms. The second-order valence-corrected chi connectivity index (χ2v) is 17.7. The summed E-state index contributed by atoms with van der Waals surface area (Å²) >= 11 is 0.852. The maximum Gasteiger partial charge on any atom is 0.291 e. The van der Waals surface area contributed by atoms with Gasteiger partial charge >= 0.3 is 0 Å². The van der Waals surface area contributed by atoms with Crippen molar-refractivity contribution in [2.45, 2.75) is 140 Å². The summed E-state index contributed by atoms with van der Waals surface area (Å²) in [5, 5.41) is 2.77. The maximum atomic E-state index is 13.2. The molecule has 0 spiro atoms. The van der Waals surface area contributed by atoms with Crippen LogP contribution in [-0.2, 0) is 19.9 Å². The highest BCUT2D eigenvalue weighted by Gasteiger charge is 2.40. The van der Waals surface area contributed by atoms with Crippen LogP contribution in [-0.4, -0.2) is 34.8 Å². The molecule has 2 heterocycles. The van der Waals surface area contributed by atoms with Crippen molar-refractivity contribution in [3.05, 3.63) is 11.6 Å². The van der Waals surface area contributed by atoms with E-state index in [4.69, 9.17) is 0 Å². The van der Waals surface area contributed by atoms with Gasteiger partial charge in [-0.1, -0.05) is 93.9 Å². The van der Waals surface area contributed by atoms with Crippen molar-refractivity contribution in [1.29, 1.82) is 0 Å². The van der Waals surface area contributed by atoms with Gasteiger partial charge in [0.1, 0.15) is 8.42 Å². The molecule has 0 aromatic carbocycles. The normalized spacial score (nSPS) is 23.5. The molecule has 41 heavy (non-hydrogen) atoms. The molecule has 0 saturated carbocycles. The van der Waals surface area contributed by atoms with Crippen molar-refractivity contribution < 1.29 is 16.8 Å². The number of hydrogen-bond donors (Lipinski definition) is 1. The number of sulfone groups is 1. The molecule has 0 radical (unpaired) electrons. The summed E-state index contributed by atoms with van der Waals surface area (Å²) in [6, 6.07) is 1.36. The van der Waals surface area contributed by atoms with Crippen LogP contribution in [0.2, 0.25) is 0 Å². The van der Waals surface area contributed by atoms with E-state index >= 15 is 0 Å². The molecule has 1 aromatic heterocycles. The highest BCUT2D eigenvalue weighted by molar-refractivity contribution is 7.96. The van der Waals surface area contributed by atoms with E-state index < -0.39 is 25.1 Å². The first-order valence-corrected chi connectivity index (χ1v) is 20.1. The van der Waals surface area contributed by atoms with Gasteiger partial charge in [0, 0.05) is 17.8 Å². The molecular formula is C32H58N2O4S3. The third kappa shape index (κ3) is 8.45. The third-order valence-corrected chi connectivity index (χ3v) is 15.7. The summed E-state index contributed by atoms with van der Waals surface area (Å²) < 4.78 is 56.5. The molecule has 1 aliphatic rings. The van der Waals surface area contributed by atoms with E-state index in [0.717, 1.165) is 42.4 Å². The van der Waals surface area contributed by atoms with Crippen molar-refractivity contribution in [3.8, 4) is 0 Å². The minimum Gasteiger partial charge on any atom is -0.310 e. The van der Waals surface area contributed by atoms with Crippen LogP contribution in [0.4, 0.5) is 0 Å². The van der Waals surface area contributed by atoms with Crippen molar-refractivity contribution >= 4 is 37.4 Å². The van der Waals surface area contributed by atoms with Gasteiger partial charge in [-0.15, -0.1) is 11.3 Å². The largest absolute Gasteiger partial charge is 0.310 e. The van der Waals surface area contributed by atoms with Crippen molar-refractivity contribution in [2.24, 2.45) is 39.9 Å². The molecule has 1 aromatic rings. The smallest absolute Gasteiger partial charge is 0.291 e. The third-order valence-electron chi connectivity index (χ3n) is 10.1. The summed E-state index contributed by atoms with van der Waals surface area (Å²) in [4.78, 5) is 0. The molecule has 6 unspecified atom stereocenters. The minimum absolute atomic E-state index is 0.0188. The molecular weight excluding hydrogens is 573 g/mol. The van der Waals surface area contributed by atoms with Crippen molar-refractivity contribution in [3.63, 3.8) is 0 Å². The Morgan fingerprint density at radius 1 is 0.951 bits per heavy atom. The van der Waals surface area contributed by atoms with Crippen LogP contribution in [0.25, 0.3) is 0 Å². The van der Waals surface area contributed by atoms with Gasteiger partial charge in [-0.2, -0.15) is 12.8 Å². The van der Waals surface area contributed by atoms with E-state index in [0.29, 0.717) is 48.6 Å². The SMILES string of the molecule is CCN[C@H]1C[C@H](C)S(=O)(=O)c2sc(S(=O)(=O)/N=C/CCC(CC)C(CC)C(CC)C(CC)C(CC)C(C)CC)cc21. The van der Waals surface area contributed by atoms with Crippen LogP contribution in [0.1, 0.15) is 132 Å². The molecule has 1 N–H and O–H groups in total. The Balaban J connectivity index is 2.22. The molecule has 1 aliphatic heterocycles. The van der Waals surface area contributed by atoms with Crippen LogP contribution >= 0.6 is 11.3 Å². The van der Waals surface area contributed by atoms with Gasteiger partial charge in [0.25, 0.3) is 10.0 Å². The first-order valence-electron chi connectivity index (χ1n) is 16.3. The highest BCUT2D eigenvalue weighted by atomic mass is 32.3. The molecule has 0 amide bonds. The summed E-state index contributed by atoms with van der Waals surface area (Å²) in [6.45, 7) is 20.7. The molecule has 0 saturated heterocycles. The standard InChI is InChI=1S/C32H58N2O4S3/c1-10-22(8)25(12-3)27(14-5)28(15-6)26(13-4)24(11-2)18-17-19-34-41(37,38)31-21-29-30(33-16-7)20-23(9)40(35,36)32(29)39-31/h19,21-28,30,33H,10-18,20H2,1-9H3/b34-19+/t22?,23-,24?,25?,26?,27?,28?,30-/m0/s1. The van der Waals surface area contributed by atoms with E-state index in [1.165, 1.54) is 31.7 Å². The lowest BCUT2D eigenvalue weighted by Crippen LogP contribution is -2.34. The number of thiophene rings is 1. The zero-order valence-electron chi connectivity index (χ0n) is 27.1. The van der Waals surface area contributed by atoms with Gasteiger partial charge in [0.2, 0.25) is 0 Å². The highest BCUT2D eigenvalue weighted by Crippen LogP contribution is 2.45. The average Bonchev–Trinajstić information content (AvgIpc) is 3.42. The summed E-state index contributed by atoms with van der Waals surface area (Å²) in [7, 11) is -7.50. The van der Waals surface area contributed by atoms with Gasteiger partial charge in [-0.3, -0.25) is 0 Å². The number of nitrogens with one attached hydrogen (secondary N) is 1. The zero-order chi connectivity index (χ0) is 31.0. The molecule has 238 valence electrons. The number of nitrogens with zero attached hydrogens (tertiary/aromatic N) is 1. The Hall–Kier alpha value is -0.770. The average molecular weight is 631 g/mol. The second-order valence-electron chi connectivity index (χ2n) is 12.2. The fourth-order valence-electron chi connectivity index (χ4n) is 7.64. The molecule has 6 nitrogen and oxygen atoms in total. The minimum atomic E-state index is -3.96. The van der Waals surface area contributed by atoms with Gasteiger partial charge in [0.05, 0.1) is 5.25 Å². The Kier molecular flexibility index (Phi) is 14.5. The quantitative estimate of drug-likeness (QED) is 0.164. The fraction of sp³-hybridized carbons (Fsp3) is 0.844. The van der Waals surface area contributed by atoms with Crippen LogP contribution in [0, 0.1) is 35.5 Å². The Morgan fingerprint density at radius 3 is 2.05 bits per heavy atom. The topological polar surface area (TPSA) is 92.7 Å². The number of sulfonamides is 1. The summed E-state index contributed by atoms with van der Waals surface area (Å²) in [5.41, 5.74) is 0.569. The van der Waals surface area contributed by atoms with Gasteiger partial charge in [-0.25, -0.2) is 8.42 Å². The Morgan fingerprint density at radius 2 is 1.54 bits per heavy atom. The summed E-state index contributed by atoms with van der Waals surface area (Å²) in [6.07, 6.45) is 10.6. The second kappa shape index (κ2) is 16.3. The predicted octanol–water partition coefficient (Wildman–Crippen LogP) is 8.68. The predicted molar refractivity (Wildman–Crippen MR) is 175 cm³/mol. The molecule has 8 atom stereocenters. The van der Waals surface area contributed by atoms with Crippen molar-refractivity contribution in [2.75, 3.05) is 6.54 Å². The molecule has 0 aliphatic carbocycles. The molecule has 0 fully saturated rings. The van der Waals surface area contributed by atoms with E-state index in [9.17, 15) is 16.8 Å². The Labute approximate surface area is 256 Å². The summed E-state index contributed by atoms with van der Waals surface area (Å²) in [5.74, 6) is 3.97. The van der Waals surface area contributed by atoms with Gasteiger partial charge < -0.3 is 5.32 Å². The maximum absolute atomic E-state index is 13.2. The zero-order valence-corrected chi connectivity index (χ0v) is 29.6. The number of hydrogen-bond acceptors (Lipinski definition) is 6. The lowest BCUT2D eigenvalue weighted by molar-refractivity contribution is 0.0731. The van der Waals surface area contributed by atoms with E-state index in [-0.39, 0.29) is 14.5 Å². The van der Waals surface area contributed by atoms with Crippen LogP contribution in [0.5, 0.6) is 0 Å². The monoisotopic (exact) mass is 630 g/mol. The first kappa shape index (κ1) is 36.4. The number of fused-ring (bicyclic) bond motifs is 1. The van der Waals surface area contributed by atoms with Gasteiger partial charge in [0.15, 0.2) is 9.84 Å². The lowest BCUT2D eigenvalue weighted by atomic mass is 9.63. The first-order chi connectivity index (χ1) is 19.4. The van der Waals surface area contributed by atoms with E-state index in [1.54, 1.807) is 13.1 Å². The van der Waals surface area contributed by atoms with Crippen LogP contribution < -0.4 is 5.32 Å². The van der Waals surface area contributed by atoms with Crippen LogP contribution in [0.15, 0.2) is 18.9 Å². The molecule has 2 rings (SSSR count). The van der Waals surface area contributed by atoms with Gasteiger partial charge in [-0.05, 0) is 74.3 Å². The molecule has 0 bridgehead atoms. The number of rotatable bonds is 18. The van der Waals surface area contributed by atoms with E-state index in [2.05, 4.69) is 58.2 Å². The Bertz CT molecular complexity index is 1180. The lowest BCUT2D eigenvalue weighted by Gasteiger charge is -2.42.